The quantitative estimate of drug-likeness (QED) is 0.265. The van der Waals surface area contributed by atoms with Gasteiger partial charge >= 0.3 is 0 Å². The molecule has 1 unspecified atom stereocenters. The SMILES string of the molecule is CC(COc1ccc(-c2ccc(NC(=O)[C@@](C)(N)CO)cc2)cc1)c1ccc(-c2ccccc2)c(F)c1. The van der Waals surface area contributed by atoms with Gasteiger partial charge in [-0.25, -0.2) is 4.39 Å². The average Bonchev–Trinajstić information content (AvgIpc) is 2.93. The first-order valence-corrected chi connectivity index (χ1v) is 12.2. The lowest BCUT2D eigenvalue weighted by atomic mass is 9.97. The van der Waals surface area contributed by atoms with Crippen LogP contribution in [-0.4, -0.2) is 29.8 Å². The first-order valence-electron chi connectivity index (χ1n) is 12.2. The Hall–Kier alpha value is -4.00. The molecule has 0 bridgehead atoms. The van der Waals surface area contributed by atoms with Gasteiger partial charge in [0.2, 0.25) is 5.91 Å². The van der Waals surface area contributed by atoms with Crippen LogP contribution in [0.25, 0.3) is 22.3 Å². The summed E-state index contributed by atoms with van der Waals surface area (Å²) in [7, 11) is 0. The molecule has 0 heterocycles. The van der Waals surface area contributed by atoms with Crippen molar-refractivity contribution in [2.45, 2.75) is 25.3 Å². The molecule has 4 N–H and O–H groups in total. The number of aliphatic hydroxyl groups excluding tert-OH is 1. The number of carbonyl (C=O) groups excluding carboxylic acids is 1. The number of anilines is 1. The van der Waals surface area contributed by atoms with Crippen LogP contribution in [0.2, 0.25) is 0 Å². The number of halogens is 1. The lowest BCUT2D eigenvalue weighted by molar-refractivity contribution is -0.121. The van der Waals surface area contributed by atoms with Crippen LogP contribution in [0.15, 0.2) is 97.1 Å². The van der Waals surface area contributed by atoms with Crippen LogP contribution in [0.5, 0.6) is 5.75 Å². The van der Waals surface area contributed by atoms with Gasteiger partial charge in [-0.05, 0) is 59.5 Å². The van der Waals surface area contributed by atoms with Gasteiger partial charge in [0.15, 0.2) is 0 Å². The van der Waals surface area contributed by atoms with Gasteiger partial charge in [0.05, 0.1) is 13.2 Å². The van der Waals surface area contributed by atoms with E-state index in [9.17, 15) is 14.3 Å². The molecule has 6 heteroatoms. The van der Waals surface area contributed by atoms with E-state index in [0.717, 1.165) is 28.0 Å². The molecule has 0 aliphatic carbocycles. The highest BCUT2D eigenvalue weighted by atomic mass is 19.1. The fourth-order valence-corrected chi connectivity index (χ4v) is 3.84. The van der Waals surface area contributed by atoms with E-state index >= 15 is 0 Å². The zero-order chi connectivity index (χ0) is 26.4. The molecule has 5 nitrogen and oxygen atoms in total. The molecule has 2 atom stereocenters. The van der Waals surface area contributed by atoms with Crippen molar-refractivity contribution >= 4 is 11.6 Å². The van der Waals surface area contributed by atoms with Crippen LogP contribution >= 0.6 is 0 Å². The highest BCUT2D eigenvalue weighted by Gasteiger charge is 2.27. The van der Waals surface area contributed by atoms with E-state index in [0.29, 0.717) is 17.9 Å². The molecule has 0 spiro atoms. The number of carbonyl (C=O) groups is 1. The number of amides is 1. The molecular formula is C31H31FN2O3. The fraction of sp³-hybridized carbons (Fsp3) is 0.194. The molecule has 0 aromatic heterocycles. The number of ether oxygens (including phenoxy) is 1. The third-order valence-corrected chi connectivity index (χ3v) is 6.32. The van der Waals surface area contributed by atoms with Crippen molar-refractivity contribution in [3.8, 4) is 28.0 Å². The predicted octanol–water partition coefficient (Wildman–Crippen LogP) is 5.99. The van der Waals surface area contributed by atoms with Crippen molar-refractivity contribution < 1.29 is 19.0 Å². The third-order valence-electron chi connectivity index (χ3n) is 6.32. The highest BCUT2D eigenvalue weighted by Crippen LogP contribution is 2.28. The van der Waals surface area contributed by atoms with Crippen LogP contribution in [-0.2, 0) is 4.79 Å². The molecule has 4 aromatic rings. The number of hydrogen-bond acceptors (Lipinski definition) is 4. The van der Waals surface area contributed by atoms with Crippen molar-refractivity contribution in [2.75, 3.05) is 18.5 Å². The van der Waals surface area contributed by atoms with Crippen LogP contribution in [0, 0.1) is 5.82 Å². The normalized spacial score (nSPS) is 13.4. The van der Waals surface area contributed by atoms with E-state index in [1.807, 2.05) is 85.8 Å². The Morgan fingerprint density at radius 3 is 2.16 bits per heavy atom. The van der Waals surface area contributed by atoms with Crippen molar-refractivity contribution in [3.63, 3.8) is 0 Å². The minimum Gasteiger partial charge on any atom is -0.493 e. The summed E-state index contributed by atoms with van der Waals surface area (Å²) in [5.41, 5.74) is 9.32. The Morgan fingerprint density at radius 1 is 0.946 bits per heavy atom. The topological polar surface area (TPSA) is 84.6 Å². The molecule has 0 aliphatic heterocycles. The molecule has 4 rings (SSSR count). The molecule has 0 saturated heterocycles. The summed E-state index contributed by atoms with van der Waals surface area (Å²) < 4.78 is 20.7. The number of rotatable bonds is 9. The van der Waals surface area contributed by atoms with Gasteiger partial charge in [0, 0.05) is 17.2 Å². The van der Waals surface area contributed by atoms with Gasteiger partial charge in [0.1, 0.15) is 17.1 Å². The average molecular weight is 499 g/mol. The lowest BCUT2D eigenvalue weighted by Crippen LogP contribution is -2.51. The first kappa shape index (κ1) is 26.1. The van der Waals surface area contributed by atoms with E-state index in [-0.39, 0.29) is 11.7 Å². The van der Waals surface area contributed by atoms with E-state index in [1.165, 1.54) is 6.92 Å². The number of nitrogens with one attached hydrogen (secondary N) is 1. The van der Waals surface area contributed by atoms with Gasteiger partial charge in [-0.15, -0.1) is 0 Å². The van der Waals surface area contributed by atoms with Crippen LogP contribution in [0.3, 0.4) is 0 Å². The van der Waals surface area contributed by atoms with Crippen LogP contribution in [0.4, 0.5) is 10.1 Å². The second kappa shape index (κ2) is 11.4. The monoisotopic (exact) mass is 498 g/mol. The lowest BCUT2D eigenvalue weighted by Gasteiger charge is -2.20. The standard InChI is InChI=1S/C31H31FN2O3/c1-21(25-12-17-28(29(32)18-25)24-6-4-3-5-7-24)19-37-27-15-10-23(11-16-27)22-8-13-26(14-9-22)34-30(36)31(2,33)20-35/h3-18,21,35H,19-20,33H2,1-2H3,(H,34,36)/t21?,31-/m0/s1. The fourth-order valence-electron chi connectivity index (χ4n) is 3.84. The molecule has 1 amide bonds. The van der Waals surface area contributed by atoms with E-state index in [2.05, 4.69) is 5.32 Å². The maximum atomic E-state index is 14.7. The summed E-state index contributed by atoms with van der Waals surface area (Å²) in [4.78, 5) is 12.1. The maximum absolute atomic E-state index is 14.7. The molecule has 0 radical (unpaired) electrons. The number of aliphatic hydroxyl groups is 1. The van der Waals surface area contributed by atoms with Crippen molar-refractivity contribution in [3.05, 3.63) is 108 Å². The van der Waals surface area contributed by atoms with Gasteiger partial charge in [-0.3, -0.25) is 4.79 Å². The van der Waals surface area contributed by atoms with E-state index in [1.54, 1.807) is 18.2 Å². The highest BCUT2D eigenvalue weighted by molar-refractivity contribution is 5.97. The summed E-state index contributed by atoms with van der Waals surface area (Å²) in [6.45, 7) is 3.47. The number of nitrogens with two attached hydrogens (primary N) is 1. The Balaban J connectivity index is 1.34. The van der Waals surface area contributed by atoms with Crippen molar-refractivity contribution in [1.29, 1.82) is 0 Å². The predicted molar refractivity (Wildman–Crippen MR) is 146 cm³/mol. The zero-order valence-corrected chi connectivity index (χ0v) is 20.9. The minimum absolute atomic E-state index is 0.0166. The molecule has 0 saturated carbocycles. The van der Waals surface area contributed by atoms with Gasteiger partial charge in [-0.1, -0.05) is 73.7 Å². The third kappa shape index (κ3) is 6.42. The Morgan fingerprint density at radius 2 is 1.57 bits per heavy atom. The second-order valence-corrected chi connectivity index (χ2v) is 9.45. The number of benzene rings is 4. The smallest absolute Gasteiger partial charge is 0.246 e. The minimum atomic E-state index is -1.34. The number of hydrogen-bond donors (Lipinski definition) is 3. The molecule has 4 aromatic carbocycles. The summed E-state index contributed by atoms with van der Waals surface area (Å²) in [5.74, 6) is 0.0550. The van der Waals surface area contributed by atoms with Gasteiger partial charge < -0.3 is 20.9 Å². The first-order chi connectivity index (χ1) is 17.8. The molecule has 37 heavy (non-hydrogen) atoms. The zero-order valence-electron chi connectivity index (χ0n) is 20.9. The van der Waals surface area contributed by atoms with Gasteiger partial charge in [0.25, 0.3) is 0 Å². The van der Waals surface area contributed by atoms with Crippen molar-refractivity contribution in [1.82, 2.24) is 0 Å². The Bertz CT molecular complexity index is 1340. The molecule has 0 aliphatic rings. The largest absolute Gasteiger partial charge is 0.493 e. The molecule has 190 valence electrons. The maximum Gasteiger partial charge on any atom is 0.246 e. The van der Waals surface area contributed by atoms with Gasteiger partial charge in [-0.2, -0.15) is 0 Å². The summed E-state index contributed by atoms with van der Waals surface area (Å²) in [6.07, 6.45) is 0. The van der Waals surface area contributed by atoms with E-state index < -0.39 is 18.1 Å². The summed E-state index contributed by atoms with van der Waals surface area (Å²) >= 11 is 0. The van der Waals surface area contributed by atoms with Crippen LogP contribution < -0.4 is 15.8 Å². The molecule has 0 fully saturated rings. The van der Waals surface area contributed by atoms with E-state index in [4.69, 9.17) is 10.5 Å². The van der Waals surface area contributed by atoms with Crippen molar-refractivity contribution in [2.24, 2.45) is 5.73 Å². The Labute approximate surface area is 216 Å². The second-order valence-electron chi connectivity index (χ2n) is 9.45. The summed E-state index contributed by atoms with van der Waals surface area (Å²) in [6, 6.07) is 30.0. The molecular weight excluding hydrogens is 467 g/mol. The summed E-state index contributed by atoms with van der Waals surface area (Å²) in [5, 5.41) is 11.9. The van der Waals surface area contributed by atoms with Crippen LogP contribution in [0.1, 0.15) is 25.3 Å². The Kier molecular flexibility index (Phi) is 8.01.